The number of H-pyrrole nitrogens is 1. The fourth-order valence-electron chi connectivity index (χ4n) is 8.06. The normalized spacial score (nSPS) is 28.2. The first-order chi connectivity index (χ1) is 20.1. The van der Waals surface area contributed by atoms with E-state index in [0.29, 0.717) is 23.3 Å². The van der Waals surface area contributed by atoms with Crippen molar-refractivity contribution in [1.82, 2.24) is 19.7 Å². The van der Waals surface area contributed by atoms with Crippen molar-refractivity contribution < 1.29 is 27.9 Å². The summed E-state index contributed by atoms with van der Waals surface area (Å²) in [7, 11) is 0. The molecule has 6 rings (SSSR count). The molecular weight excluding hydrogens is 581 g/mol. The van der Waals surface area contributed by atoms with Crippen LogP contribution in [-0.4, -0.2) is 49.2 Å². The van der Waals surface area contributed by atoms with Crippen molar-refractivity contribution in [3.63, 3.8) is 0 Å². The number of alkyl halides is 3. The minimum atomic E-state index is -4.80. The van der Waals surface area contributed by atoms with Gasteiger partial charge >= 0.3 is 12.1 Å². The topological polar surface area (TPSA) is 91.2 Å². The van der Waals surface area contributed by atoms with Crippen LogP contribution in [0.3, 0.4) is 0 Å². The molecule has 11 heteroatoms. The number of aryl methyl sites for hydroxylation is 1. The number of carbonyl (C=O) groups is 2. The molecule has 1 amide bonds. The zero-order chi connectivity index (χ0) is 31.1. The monoisotopic (exact) mass is 618 g/mol. The number of amides is 1. The third-order valence-corrected chi connectivity index (χ3v) is 11.3. The highest BCUT2D eigenvalue weighted by Crippen LogP contribution is 2.67. The third-order valence-electron chi connectivity index (χ3n) is 10.9. The summed E-state index contributed by atoms with van der Waals surface area (Å²) >= 11 is 6.55. The first kappa shape index (κ1) is 30.0. The number of benzene rings is 1. The average molecular weight is 619 g/mol. The highest BCUT2D eigenvalue weighted by molar-refractivity contribution is 6.35. The summed E-state index contributed by atoms with van der Waals surface area (Å²) in [6.45, 7) is 8.25. The van der Waals surface area contributed by atoms with Gasteiger partial charge in [0, 0.05) is 29.2 Å². The van der Waals surface area contributed by atoms with Gasteiger partial charge in [-0.1, -0.05) is 31.5 Å². The number of halogens is 4. The molecule has 0 aliphatic heterocycles. The molecule has 2 heterocycles. The van der Waals surface area contributed by atoms with E-state index in [4.69, 9.17) is 11.6 Å². The number of carbonyl (C=O) groups excluding carboxylic acids is 1. The van der Waals surface area contributed by atoms with Crippen LogP contribution in [0, 0.1) is 29.6 Å². The van der Waals surface area contributed by atoms with Gasteiger partial charge in [-0.25, -0.2) is 0 Å². The van der Waals surface area contributed by atoms with E-state index in [1.165, 1.54) is 0 Å². The fraction of sp³-hybridized carbons (Fsp3) is 0.594. The molecule has 3 atom stereocenters. The maximum Gasteiger partial charge on any atom is 0.433 e. The van der Waals surface area contributed by atoms with Crippen LogP contribution < -0.4 is 0 Å². The van der Waals surface area contributed by atoms with Crippen LogP contribution in [0.15, 0.2) is 24.4 Å². The van der Waals surface area contributed by atoms with Crippen LogP contribution in [0.2, 0.25) is 5.02 Å². The lowest BCUT2D eigenvalue weighted by Crippen LogP contribution is -2.42. The predicted octanol–water partition coefficient (Wildman–Crippen LogP) is 7.67. The van der Waals surface area contributed by atoms with Gasteiger partial charge in [0.25, 0.3) is 5.91 Å². The molecule has 232 valence electrons. The number of carboxylic acid groups (broad SMARTS) is 1. The predicted molar refractivity (Wildman–Crippen MR) is 157 cm³/mol. The minimum absolute atomic E-state index is 0.160. The first-order valence-corrected chi connectivity index (χ1v) is 15.5. The Kier molecular flexibility index (Phi) is 7.18. The lowest BCUT2D eigenvalue weighted by molar-refractivity contribution is -0.152. The van der Waals surface area contributed by atoms with Gasteiger partial charge in [0.2, 0.25) is 0 Å². The molecule has 3 aromatic rings. The van der Waals surface area contributed by atoms with Crippen LogP contribution in [0.5, 0.6) is 0 Å². The number of aromatic nitrogens is 3. The quantitative estimate of drug-likeness (QED) is 0.284. The molecule has 3 saturated carbocycles. The molecule has 3 aliphatic carbocycles. The first-order valence-electron chi connectivity index (χ1n) is 15.1. The average Bonchev–Trinajstić information content (AvgIpc) is 3.45. The summed E-state index contributed by atoms with van der Waals surface area (Å²) in [4.78, 5) is 30.9. The largest absolute Gasteiger partial charge is 0.481 e. The summed E-state index contributed by atoms with van der Waals surface area (Å²) in [5.74, 6) is -0.698. The number of hydrogen-bond acceptors (Lipinski definition) is 3. The maximum atomic E-state index is 14.7. The molecule has 0 radical (unpaired) electrons. The number of rotatable bonds is 7. The van der Waals surface area contributed by atoms with E-state index in [-0.39, 0.29) is 43.7 Å². The number of nitrogens with one attached hydrogen (secondary N) is 1. The summed E-state index contributed by atoms with van der Waals surface area (Å²) in [6.07, 6.45) is -0.787. The van der Waals surface area contributed by atoms with Crippen molar-refractivity contribution in [2.45, 2.75) is 90.9 Å². The summed E-state index contributed by atoms with van der Waals surface area (Å²) in [6, 6.07) is 4.81. The van der Waals surface area contributed by atoms with E-state index >= 15 is 0 Å². The molecular formula is C32H38ClF3N4O3. The van der Waals surface area contributed by atoms with Gasteiger partial charge in [0.05, 0.1) is 28.2 Å². The number of fused-ring (bicyclic) bond motifs is 2. The Labute approximate surface area is 253 Å². The standard InChI is InChI=1S/C32H38ClF3N4O3/c1-17-20(26-24(33)6-5-7-25(26)38-17)10-13-39(19-14-22-23(15-19)30(22,2)3)28(41)21-16-37-40(27(21)32(34,35)36)18-8-11-31(4,12-9-18)29(42)43/h5-7,16,18-19,22-23,38H,8-15H2,1-4H3,(H,42,43)/t18?,19?,22-,23+,31?. The summed E-state index contributed by atoms with van der Waals surface area (Å²) in [5.41, 5.74) is 0.498. The Morgan fingerprint density at radius 2 is 1.81 bits per heavy atom. The summed E-state index contributed by atoms with van der Waals surface area (Å²) < 4.78 is 45.0. The van der Waals surface area contributed by atoms with Gasteiger partial charge in [-0.2, -0.15) is 18.3 Å². The molecule has 1 aromatic carbocycles. The second-order valence-electron chi connectivity index (χ2n) is 13.7. The molecule has 3 aliphatic rings. The molecule has 43 heavy (non-hydrogen) atoms. The highest BCUT2D eigenvalue weighted by Gasteiger charge is 2.63. The molecule has 2 N–H and O–H groups in total. The second kappa shape index (κ2) is 10.3. The fourth-order valence-corrected chi connectivity index (χ4v) is 8.34. The van der Waals surface area contributed by atoms with Gasteiger partial charge < -0.3 is 15.0 Å². The molecule has 1 unspecified atom stereocenters. The zero-order valence-electron chi connectivity index (χ0n) is 24.9. The highest BCUT2D eigenvalue weighted by atomic mass is 35.5. The lowest BCUT2D eigenvalue weighted by atomic mass is 9.74. The molecule has 0 bridgehead atoms. The van der Waals surface area contributed by atoms with Gasteiger partial charge in [-0.15, -0.1) is 0 Å². The number of nitrogens with zero attached hydrogens (tertiary/aromatic N) is 3. The lowest BCUT2D eigenvalue weighted by Gasteiger charge is -2.35. The molecule has 0 saturated heterocycles. The van der Waals surface area contributed by atoms with Crippen molar-refractivity contribution in [2.24, 2.45) is 22.7 Å². The number of aliphatic carboxylic acids is 1. The van der Waals surface area contributed by atoms with E-state index < -0.39 is 40.8 Å². The SMILES string of the molecule is Cc1[nH]c2cccc(Cl)c2c1CCN(C(=O)c1cnn(C2CCC(C)(C(=O)O)CC2)c1C(F)(F)F)C1C[C@@H]2[C@H](C1)C2(C)C. The minimum Gasteiger partial charge on any atom is -0.481 e. The molecule has 2 aromatic heterocycles. The van der Waals surface area contributed by atoms with E-state index in [9.17, 15) is 27.9 Å². The van der Waals surface area contributed by atoms with Crippen LogP contribution in [0.1, 0.15) is 92.6 Å². The van der Waals surface area contributed by atoms with E-state index in [1.54, 1.807) is 11.8 Å². The molecule has 7 nitrogen and oxygen atoms in total. The van der Waals surface area contributed by atoms with Crippen LogP contribution in [0.25, 0.3) is 10.9 Å². The Hall–Kier alpha value is -3.01. The van der Waals surface area contributed by atoms with Gasteiger partial charge in [-0.05, 0) is 93.7 Å². The zero-order valence-corrected chi connectivity index (χ0v) is 25.6. The van der Waals surface area contributed by atoms with E-state index in [1.807, 2.05) is 25.1 Å². The van der Waals surface area contributed by atoms with Crippen LogP contribution in [-0.2, 0) is 17.4 Å². The Morgan fingerprint density at radius 3 is 2.42 bits per heavy atom. The number of aromatic amines is 1. The van der Waals surface area contributed by atoms with Gasteiger partial charge in [-0.3, -0.25) is 14.3 Å². The van der Waals surface area contributed by atoms with Crippen LogP contribution >= 0.6 is 11.6 Å². The van der Waals surface area contributed by atoms with Crippen molar-refractivity contribution in [3.8, 4) is 0 Å². The van der Waals surface area contributed by atoms with E-state index in [2.05, 4.69) is 23.9 Å². The second-order valence-corrected chi connectivity index (χ2v) is 14.2. The van der Waals surface area contributed by atoms with Crippen molar-refractivity contribution in [3.05, 3.63) is 51.9 Å². The molecule has 0 spiro atoms. The summed E-state index contributed by atoms with van der Waals surface area (Å²) in [5, 5.41) is 15.2. The van der Waals surface area contributed by atoms with Crippen LogP contribution in [0.4, 0.5) is 13.2 Å². The Bertz CT molecular complexity index is 1570. The molecule has 3 fully saturated rings. The van der Waals surface area contributed by atoms with Crippen molar-refractivity contribution >= 4 is 34.4 Å². The van der Waals surface area contributed by atoms with E-state index in [0.717, 1.165) is 45.9 Å². The maximum absolute atomic E-state index is 14.7. The van der Waals surface area contributed by atoms with Gasteiger partial charge in [0.1, 0.15) is 0 Å². The smallest absolute Gasteiger partial charge is 0.433 e. The number of carboxylic acids is 1. The Morgan fingerprint density at radius 1 is 1.16 bits per heavy atom. The van der Waals surface area contributed by atoms with Crippen molar-refractivity contribution in [1.29, 1.82) is 0 Å². The van der Waals surface area contributed by atoms with Crippen molar-refractivity contribution in [2.75, 3.05) is 6.54 Å². The number of hydrogen-bond donors (Lipinski definition) is 2. The third kappa shape index (κ3) is 5.03. The Balaban J connectivity index is 1.32. The van der Waals surface area contributed by atoms with Gasteiger partial charge in [0.15, 0.2) is 5.69 Å².